The third-order valence-electron chi connectivity index (χ3n) is 6.38. The van der Waals surface area contributed by atoms with Crippen LogP contribution in [0.3, 0.4) is 0 Å². The van der Waals surface area contributed by atoms with Crippen LogP contribution in [0.1, 0.15) is 22.8 Å². The first-order valence-corrected chi connectivity index (χ1v) is 10.8. The van der Waals surface area contributed by atoms with Gasteiger partial charge in [0, 0.05) is 43.9 Å². The molecule has 4 rings (SSSR count). The predicted octanol–water partition coefficient (Wildman–Crippen LogP) is 2.53. The average Bonchev–Trinajstić information content (AvgIpc) is 3.17. The molecule has 0 spiro atoms. The lowest BCUT2D eigenvalue weighted by molar-refractivity contribution is -0.128. The Kier molecular flexibility index (Phi) is 6.67. The van der Waals surface area contributed by atoms with Gasteiger partial charge in [0.15, 0.2) is 11.5 Å². The monoisotopic (exact) mass is 438 g/mol. The number of aliphatic hydroxyl groups is 1. The highest BCUT2D eigenvalue weighted by Gasteiger charge is 2.40. The van der Waals surface area contributed by atoms with Crippen LogP contribution >= 0.6 is 0 Å². The maximum Gasteiger partial charge on any atom is 0.246 e. The Labute approximate surface area is 188 Å². The summed E-state index contributed by atoms with van der Waals surface area (Å²) in [6.45, 7) is 2.66. The lowest BCUT2D eigenvalue weighted by Gasteiger charge is -2.38. The minimum absolute atomic E-state index is 0.0138. The Bertz CT molecular complexity index is 984. The van der Waals surface area contributed by atoms with Gasteiger partial charge in [0.1, 0.15) is 0 Å². The molecule has 1 saturated heterocycles. The first kappa shape index (κ1) is 22.2. The zero-order valence-corrected chi connectivity index (χ0v) is 18.8. The fraction of sp³-hybridized carbons (Fsp3) is 0.400. The van der Waals surface area contributed by atoms with Gasteiger partial charge in [-0.25, -0.2) is 0 Å². The molecule has 2 unspecified atom stereocenters. The van der Waals surface area contributed by atoms with Gasteiger partial charge in [-0.15, -0.1) is 0 Å². The van der Waals surface area contributed by atoms with Gasteiger partial charge in [0.25, 0.3) is 0 Å². The Balaban J connectivity index is 1.42. The topological polar surface area (TPSA) is 71.5 Å². The van der Waals surface area contributed by atoms with Crippen molar-refractivity contribution in [1.82, 2.24) is 9.80 Å². The number of benzene rings is 2. The Morgan fingerprint density at radius 3 is 2.31 bits per heavy atom. The molecule has 1 aliphatic carbocycles. The third-order valence-corrected chi connectivity index (χ3v) is 6.38. The number of fused-ring (bicyclic) bond motifs is 1. The van der Waals surface area contributed by atoms with E-state index in [-0.39, 0.29) is 11.9 Å². The molecule has 7 nitrogen and oxygen atoms in total. The summed E-state index contributed by atoms with van der Waals surface area (Å²) < 4.78 is 16.6. The number of carbonyl (C=O) groups excluding carboxylic acids is 1. The lowest BCUT2D eigenvalue weighted by Crippen LogP contribution is -2.52. The van der Waals surface area contributed by atoms with E-state index in [1.165, 1.54) is 0 Å². The SMILES string of the molecule is COc1cc2c(c(OC)c1OC)CC(N1CCN(C(=O)C=Cc3ccccc3)CC1)C2O. The average molecular weight is 439 g/mol. The van der Waals surface area contributed by atoms with E-state index in [4.69, 9.17) is 14.2 Å². The van der Waals surface area contributed by atoms with Crippen molar-refractivity contribution in [1.29, 1.82) is 0 Å². The molecular weight excluding hydrogens is 408 g/mol. The van der Waals surface area contributed by atoms with Crippen molar-refractivity contribution < 1.29 is 24.1 Å². The Hall–Kier alpha value is -3.03. The van der Waals surface area contributed by atoms with Gasteiger partial charge in [-0.3, -0.25) is 9.69 Å². The smallest absolute Gasteiger partial charge is 0.246 e. The summed E-state index contributed by atoms with van der Waals surface area (Å²) in [6.07, 6.45) is 3.48. The minimum Gasteiger partial charge on any atom is -0.493 e. The van der Waals surface area contributed by atoms with Gasteiger partial charge in [-0.05, 0) is 29.7 Å². The van der Waals surface area contributed by atoms with Crippen molar-refractivity contribution in [2.45, 2.75) is 18.6 Å². The second kappa shape index (κ2) is 9.63. The number of aliphatic hydroxyl groups excluding tert-OH is 1. The van der Waals surface area contributed by atoms with Gasteiger partial charge < -0.3 is 24.2 Å². The highest BCUT2D eigenvalue weighted by atomic mass is 16.5. The number of hydrogen-bond donors (Lipinski definition) is 1. The van der Waals surface area contributed by atoms with Crippen LogP contribution in [0.15, 0.2) is 42.5 Å². The molecule has 7 heteroatoms. The number of nitrogens with zero attached hydrogens (tertiary/aromatic N) is 2. The van der Waals surface area contributed by atoms with Crippen LogP contribution < -0.4 is 14.2 Å². The third kappa shape index (κ3) is 4.18. The Morgan fingerprint density at radius 2 is 1.69 bits per heavy atom. The number of carbonyl (C=O) groups is 1. The summed E-state index contributed by atoms with van der Waals surface area (Å²) in [5.74, 6) is 1.72. The number of methoxy groups -OCH3 is 3. The fourth-order valence-electron chi connectivity index (χ4n) is 4.68. The van der Waals surface area contributed by atoms with Gasteiger partial charge >= 0.3 is 0 Å². The number of hydrogen-bond acceptors (Lipinski definition) is 6. The summed E-state index contributed by atoms with van der Waals surface area (Å²) in [7, 11) is 4.76. The molecule has 0 bridgehead atoms. The van der Waals surface area contributed by atoms with Crippen LogP contribution in [0.2, 0.25) is 0 Å². The maximum absolute atomic E-state index is 12.6. The van der Waals surface area contributed by atoms with E-state index >= 15 is 0 Å². The molecule has 2 aliphatic rings. The molecule has 1 N–H and O–H groups in total. The molecular formula is C25H30N2O5. The summed E-state index contributed by atoms with van der Waals surface area (Å²) >= 11 is 0. The molecule has 2 aromatic carbocycles. The van der Waals surface area contributed by atoms with Crippen molar-refractivity contribution in [3.63, 3.8) is 0 Å². The first-order chi connectivity index (χ1) is 15.6. The predicted molar refractivity (Wildman–Crippen MR) is 122 cm³/mol. The van der Waals surface area contributed by atoms with E-state index in [9.17, 15) is 9.90 Å². The standard InChI is InChI=1S/C25H30N2O5/c1-30-21-16-18-19(24(31-2)25(21)32-3)15-20(23(18)29)26-11-13-27(14-12-26)22(28)10-9-17-7-5-4-6-8-17/h4-10,16,20,23,29H,11-15H2,1-3H3. The van der Waals surface area contributed by atoms with Crippen LogP contribution in [0, 0.1) is 0 Å². The molecule has 2 aromatic rings. The van der Waals surface area contributed by atoms with Crippen LogP contribution in [0.5, 0.6) is 17.2 Å². The van der Waals surface area contributed by atoms with Crippen molar-refractivity contribution in [2.75, 3.05) is 47.5 Å². The summed E-state index contributed by atoms with van der Waals surface area (Å²) in [6, 6.07) is 11.6. The first-order valence-electron chi connectivity index (χ1n) is 10.8. The molecule has 0 aromatic heterocycles. The lowest BCUT2D eigenvalue weighted by atomic mass is 10.1. The molecule has 1 aliphatic heterocycles. The van der Waals surface area contributed by atoms with Crippen LogP contribution in [-0.4, -0.2) is 74.4 Å². The number of rotatable bonds is 6. The van der Waals surface area contributed by atoms with Gasteiger partial charge in [0.2, 0.25) is 11.7 Å². The normalized spacial score (nSPS) is 20.9. The van der Waals surface area contributed by atoms with Gasteiger partial charge in [-0.2, -0.15) is 0 Å². The van der Waals surface area contributed by atoms with E-state index in [1.54, 1.807) is 27.4 Å². The number of ether oxygens (including phenoxy) is 3. The highest BCUT2D eigenvalue weighted by Crippen LogP contribution is 2.48. The zero-order chi connectivity index (χ0) is 22.7. The molecule has 0 radical (unpaired) electrons. The van der Waals surface area contributed by atoms with Gasteiger partial charge in [0.05, 0.1) is 27.4 Å². The summed E-state index contributed by atoms with van der Waals surface area (Å²) in [4.78, 5) is 16.7. The van der Waals surface area contributed by atoms with E-state index < -0.39 is 6.10 Å². The molecule has 170 valence electrons. The van der Waals surface area contributed by atoms with Crippen LogP contribution in [0.25, 0.3) is 6.08 Å². The number of amides is 1. The van der Waals surface area contributed by atoms with Crippen LogP contribution in [-0.2, 0) is 11.2 Å². The highest BCUT2D eigenvalue weighted by molar-refractivity contribution is 5.91. The summed E-state index contributed by atoms with van der Waals surface area (Å²) in [5, 5.41) is 11.1. The summed E-state index contributed by atoms with van der Waals surface area (Å²) in [5.41, 5.74) is 2.77. The van der Waals surface area contributed by atoms with Crippen LogP contribution in [0.4, 0.5) is 0 Å². The van der Waals surface area contributed by atoms with E-state index in [0.717, 1.165) is 16.7 Å². The second-order valence-corrected chi connectivity index (χ2v) is 8.03. The quantitative estimate of drug-likeness (QED) is 0.699. The van der Waals surface area contributed by atoms with E-state index in [2.05, 4.69) is 4.90 Å². The molecule has 1 fully saturated rings. The maximum atomic E-state index is 12.6. The molecule has 1 amide bonds. The second-order valence-electron chi connectivity index (χ2n) is 8.03. The largest absolute Gasteiger partial charge is 0.493 e. The Morgan fingerprint density at radius 1 is 1.00 bits per heavy atom. The molecule has 2 atom stereocenters. The molecule has 32 heavy (non-hydrogen) atoms. The van der Waals surface area contributed by atoms with Crippen molar-refractivity contribution in [2.24, 2.45) is 0 Å². The molecule has 1 heterocycles. The minimum atomic E-state index is -0.654. The zero-order valence-electron chi connectivity index (χ0n) is 18.8. The van der Waals surface area contributed by atoms with E-state index in [1.807, 2.05) is 47.4 Å². The fourth-order valence-corrected chi connectivity index (χ4v) is 4.68. The van der Waals surface area contributed by atoms with E-state index in [0.29, 0.717) is 49.8 Å². The van der Waals surface area contributed by atoms with Crippen molar-refractivity contribution in [3.05, 3.63) is 59.2 Å². The van der Waals surface area contributed by atoms with Crippen molar-refractivity contribution >= 4 is 12.0 Å². The van der Waals surface area contributed by atoms with Crippen molar-refractivity contribution in [3.8, 4) is 17.2 Å². The molecule has 0 saturated carbocycles. The number of piperazine rings is 1. The van der Waals surface area contributed by atoms with Gasteiger partial charge in [-0.1, -0.05) is 30.3 Å².